The fourth-order valence-corrected chi connectivity index (χ4v) is 4.32. The van der Waals surface area contributed by atoms with Crippen LogP contribution < -0.4 is 0 Å². The predicted molar refractivity (Wildman–Crippen MR) is 104 cm³/mol. The minimum Gasteiger partial charge on any atom is -0.343 e. The monoisotopic (exact) mass is 374 g/mol. The fraction of sp³-hybridized carbons (Fsp3) is 0.636. The third-order valence-electron chi connectivity index (χ3n) is 6.09. The van der Waals surface area contributed by atoms with Gasteiger partial charge in [-0.3, -0.25) is 9.59 Å². The summed E-state index contributed by atoms with van der Waals surface area (Å²) in [5.74, 6) is 0.878. The molecule has 0 radical (unpaired) electrons. The van der Waals surface area contributed by atoms with E-state index in [9.17, 15) is 14.0 Å². The SMILES string of the molecule is C[C@@H]1CCCN(C(=O)C2CCN(C(=O)C[C@@H](C)c3ccc(F)cc3)CC2)C1. The number of benzene rings is 1. The Morgan fingerprint density at radius 2 is 1.74 bits per heavy atom. The first-order valence-electron chi connectivity index (χ1n) is 10.3. The van der Waals surface area contributed by atoms with Crippen LogP contribution in [-0.2, 0) is 9.59 Å². The predicted octanol–water partition coefficient (Wildman–Crippen LogP) is 3.82. The van der Waals surface area contributed by atoms with Crippen molar-refractivity contribution in [2.24, 2.45) is 11.8 Å². The van der Waals surface area contributed by atoms with Gasteiger partial charge in [-0.25, -0.2) is 4.39 Å². The number of hydrogen-bond acceptors (Lipinski definition) is 2. The van der Waals surface area contributed by atoms with Crippen LogP contribution in [0, 0.1) is 17.7 Å². The first kappa shape index (κ1) is 19.8. The van der Waals surface area contributed by atoms with E-state index in [0.29, 0.717) is 25.4 Å². The van der Waals surface area contributed by atoms with Crippen molar-refractivity contribution >= 4 is 11.8 Å². The molecule has 2 fully saturated rings. The summed E-state index contributed by atoms with van der Waals surface area (Å²) in [5, 5.41) is 0. The average molecular weight is 375 g/mol. The Morgan fingerprint density at radius 1 is 1.07 bits per heavy atom. The summed E-state index contributed by atoms with van der Waals surface area (Å²) in [6, 6.07) is 6.37. The molecule has 2 aliphatic rings. The third-order valence-corrected chi connectivity index (χ3v) is 6.09. The van der Waals surface area contributed by atoms with Crippen LogP contribution in [0.4, 0.5) is 4.39 Å². The van der Waals surface area contributed by atoms with E-state index in [0.717, 1.165) is 37.9 Å². The number of amides is 2. The summed E-state index contributed by atoms with van der Waals surface area (Å²) in [7, 11) is 0. The quantitative estimate of drug-likeness (QED) is 0.804. The first-order valence-corrected chi connectivity index (χ1v) is 10.3. The van der Waals surface area contributed by atoms with Crippen LogP contribution in [0.5, 0.6) is 0 Å². The van der Waals surface area contributed by atoms with E-state index in [1.54, 1.807) is 12.1 Å². The molecule has 5 heteroatoms. The van der Waals surface area contributed by atoms with Gasteiger partial charge in [0, 0.05) is 38.5 Å². The number of carbonyl (C=O) groups excluding carboxylic acids is 2. The number of hydrogen-bond donors (Lipinski definition) is 0. The highest BCUT2D eigenvalue weighted by atomic mass is 19.1. The van der Waals surface area contributed by atoms with Gasteiger partial charge in [0.05, 0.1) is 0 Å². The maximum absolute atomic E-state index is 13.1. The smallest absolute Gasteiger partial charge is 0.225 e. The zero-order valence-electron chi connectivity index (χ0n) is 16.5. The fourth-order valence-electron chi connectivity index (χ4n) is 4.32. The van der Waals surface area contributed by atoms with Crippen LogP contribution in [0.2, 0.25) is 0 Å². The van der Waals surface area contributed by atoms with Crippen LogP contribution in [-0.4, -0.2) is 47.8 Å². The first-order chi connectivity index (χ1) is 12.9. The molecule has 0 spiro atoms. The lowest BCUT2D eigenvalue weighted by atomic mass is 9.92. The van der Waals surface area contributed by atoms with Crippen LogP contribution in [0.15, 0.2) is 24.3 Å². The van der Waals surface area contributed by atoms with Crippen LogP contribution in [0.1, 0.15) is 57.4 Å². The largest absolute Gasteiger partial charge is 0.343 e. The minimum absolute atomic E-state index is 0.0623. The van der Waals surface area contributed by atoms with Gasteiger partial charge in [-0.05, 0) is 55.2 Å². The van der Waals surface area contributed by atoms with Gasteiger partial charge in [-0.15, -0.1) is 0 Å². The molecular formula is C22H31FN2O2. The Labute approximate surface area is 161 Å². The Balaban J connectivity index is 1.47. The summed E-state index contributed by atoms with van der Waals surface area (Å²) < 4.78 is 13.1. The number of nitrogens with zero attached hydrogens (tertiary/aromatic N) is 2. The highest BCUT2D eigenvalue weighted by molar-refractivity contribution is 5.80. The maximum atomic E-state index is 13.1. The van der Waals surface area contributed by atoms with Gasteiger partial charge in [0.1, 0.15) is 5.82 Å². The number of piperidine rings is 2. The maximum Gasteiger partial charge on any atom is 0.225 e. The highest BCUT2D eigenvalue weighted by Crippen LogP contribution is 2.26. The summed E-state index contributed by atoms with van der Waals surface area (Å²) in [5.41, 5.74) is 0.981. The van der Waals surface area contributed by atoms with Crippen LogP contribution >= 0.6 is 0 Å². The number of likely N-dealkylation sites (tertiary alicyclic amines) is 2. The molecule has 0 N–H and O–H groups in total. The van der Waals surface area contributed by atoms with E-state index < -0.39 is 0 Å². The van der Waals surface area contributed by atoms with Crippen molar-refractivity contribution in [1.82, 2.24) is 9.80 Å². The van der Waals surface area contributed by atoms with E-state index in [1.165, 1.54) is 18.6 Å². The molecule has 3 rings (SSSR count). The molecular weight excluding hydrogens is 343 g/mol. The second-order valence-corrected chi connectivity index (χ2v) is 8.34. The van der Waals surface area contributed by atoms with Gasteiger partial charge in [-0.1, -0.05) is 26.0 Å². The van der Waals surface area contributed by atoms with E-state index in [1.807, 2.05) is 16.7 Å². The van der Waals surface area contributed by atoms with Gasteiger partial charge in [0.25, 0.3) is 0 Å². The Kier molecular flexibility index (Phi) is 6.51. The summed E-state index contributed by atoms with van der Waals surface area (Å²) in [4.78, 5) is 29.3. The van der Waals surface area contributed by atoms with Crippen molar-refractivity contribution in [2.75, 3.05) is 26.2 Å². The molecule has 2 saturated heterocycles. The Bertz CT molecular complexity index is 653. The van der Waals surface area contributed by atoms with Gasteiger partial charge in [0.15, 0.2) is 0 Å². The molecule has 0 bridgehead atoms. The second-order valence-electron chi connectivity index (χ2n) is 8.34. The van der Waals surface area contributed by atoms with Gasteiger partial charge >= 0.3 is 0 Å². The molecule has 0 aliphatic carbocycles. The standard InChI is InChI=1S/C22H31FN2O2/c1-16-4-3-11-25(15-16)22(27)19-9-12-24(13-10-19)21(26)14-17(2)18-5-7-20(23)8-6-18/h5-8,16-17,19H,3-4,9-15H2,1-2H3/t16-,17-/m1/s1. The molecule has 2 heterocycles. The van der Waals surface area contributed by atoms with Crippen molar-refractivity contribution < 1.29 is 14.0 Å². The van der Waals surface area contributed by atoms with E-state index in [4.69, 9.17) is 0 Å². The molecule has 0 saturated carbocycles. The lowest BCUT2D eigenvalue weighted by Crippen LogP contribution is -2.47. The van der Waals surface area contributed by atoms with Crippen molar-refractivity contribution in [3.8, 4) is 0 Å². The topological polar surface area (TPSA) is 40.6 Å². The minimum atomic E-state index is -0.257. The van der Waals surface area contributed by atoms with Crippen molar-refractivity contribution in [1.29, 1.82) is 0 Å². The summed E-state index contributed by atoms with van der Waals surface area (Å²) in [6.45, 7) is 7.30. The molecule has 2 aliphatic heterocycles. The van der Waals surface area contributed by atoms with E-state index >= 15 is 0 Å². The molecule has 148 valence electrons. The van der Waals surface area contributed by atoms with Gasteiger partial charge < -0.3 is 9.80 Å². The average Bonchev–Trinajstić information content (AvgIpc) is 2.68. The van der Waals surface area contributed by atoms with E-state index in [-0.39, 0.29) is 29.5 Å². The highest BCUT2D eigenvalue weighted by Gasteiger charge is 2.32. The zero-order chi connectivity index (χ0) is 19.4. The molecule has 27 heavy (non-hydrogen) atoms. The zero-order valence-corrected chi connectivity index (χ0v) is 16.5. The van der Waals surface area contributed by atoms with Crippen LogP contribution in [0.3, 0.4) is 0 Å². The summed E-state index contributed by atoms with van der Waals surface area (Å²) >= 11 is 0. The molecule has 2 amide bonds. The molecule has 0 aromatic heterocycles. The lowest BCUT2D eigenvalue weighted by molar-refractivity contribution is -0.142. The molecule has 2 atom stereocenters. The van der Waals surface area contributed by atoms with Crippen molar-refractivity contribution in [3.05, 3.63) is 35.6 Å². The van der Waals surface area contributed by atoms with Crippen molar-refractivity contribution in [2.45, 2.75) is 51.9 Å². The Hall–Kier alpha value is -1.91. The van der Waals surface area contributed by atoms with Gasteiger partial charge in [-0.2, -0.15) is 0 Å². The molecule has 0 unspecified atom stereocenters. The number of rotatable bonds is 4. The van der Waals surface area contributed by atoms with Crippen molar-refractivity contribution in [3.63, 3.8) is 0 Å². The number of carbonyl (C=O) groups is 2. The number of halogens is 1. The lowest BCUT2D eigenvalue weighted by Gasteiger charge is -2.37. The Morgan fingerprint density at radius 3 is 2.37 bits per heavy atom. The summed E-state index contributed by atoms with van der Waals surface area (Å²) in [6.07, 6.45) is 4.27. The molecule has 4 nitrogen and oxygen atoms in total. The van der Waals surface area contributed by atoms with Crippen LogP contribution in [0.25, 0.3) is 0 Å². The molecule has 1 aromatic rings. The second kappa shape index (κ2) is 8.85. The third kappa shape index (κ3) is 5.08. The normalized spacial score (nSPS) is 22.6. The van der Waals surface area contributed by atoms with E-state index in [2.05, 4.69) is 6.92 Å². The molecule has 1 aromatic carbocycles. The van der Waals surface area contributed by atoms with Gasteiger partial charge in [0.2, 0.25) is 11.8 Å².